The Morgan fingerprint density at radius 2 is 1.96 bits per heavy atom. The summed E-state index contributed by atoms with van der Waals surface area (Å²) >= 11 is 0. The molecule has 1 aromatic carbocycles. The molecule has 3 aromatic heterocycles. The van der Waals surface area contributed by atoms with Crippen molar-refractivity contribution in [3.05, 3.63) is 61.3 Å². The van der Waals surface area contributed by atoms with Crippen molar-refractivity contribution >= 4 is 5.65 Å². The molecule has 0 spiro atoms. The van der Waals surface area contributed by atoms with Crippen LogP contribution in [0, 0.1) is 0 Å². The van der Waals surface area contributed by atoms with E-state index in [0.29, 0.717) is 6.61 Å². The Labute approximate surface area is 152 Å². The van der Waals surface area contributed by atoms with Gasteiger partial charge in [-0.25, -0.2) is 14.5 Å². The first kappa shape index (κ1) is 16.5. The summed E-state index contributed by atoms with van der Waals surface area (Å²) in [5, 5.41) is 4.46. The number of hydrogen-bond donors (Lipinski definition) is 0. The Hall–Kier alpha value is -2.99. The van der Waals surface area contributed by atoms with Gasteiger partial charge in [-0.1, -0.05) is 37.3 Å². The maximum absolute atomic E-state index is 5.44. The fraction of sp³-hybridized carbons (Fsp3) is 0.250. The van der Waals surface area contributed by atoms with Crippen LogP contribution in [0.1, 0.15) is 19.4 Å². The molecule has 3 heterocycles. The molecule has 132 valence electrons. The Balaban J connectivity index is 1.96. The normalized spacial score (nSPS) is 12.5. The van der Waals surface area contributed by atoms with Crippen LogP contribution in [-0.4, -0.2) is 37.9 Å². The maximum Gasteiger partial charge on any atom is 0.164 e. The van der Waals surface area contributed by atoms with Gasteiger partial charge < -0.3 is 9.30 Å². The molecule has 0 N–H and O–H groups in total. The van der Waals surface area contributed by atoms with Crippen LogP contribution in [0.25, 0.3) is 28.2 Å². The van der Waals surface area contributed by atoms with E-state index in [1.165, 1.54) is 0 Å². The molecule has 0 fully saturated rings. The van der Waals surface area contributed by atoms with Crippen molar-refractivity contribution in [1.82, 2.24) is 24.1 Å². The minimum Gasteiger partial charge on any atom is -0.383 e. The van der Waals surface area contributed by atoms with E-state index in [1.807, 2.05) is 43.0 Å². The number of ether oxygens (including phenoxy) is 1. The van der Waals surface area contributed by atoms with E-state index in [-0.39, 0.29) is 6.04 Å². The molecule has 4 aromatic rings. The van der Waals surface area contributed by atoms with Crippen LogP contribution in [0.3, 0.4) is 0 Å². The van der Waals surface area contributed by atoms with Crippen LogP contribution < -0.4 is 0 Å². The van der Waals surface area contributed by atoms with E-state index in [4.69, 9.17) is 9.72 Å². The number of rotatable bonds is 6. The average molecular weight is 347 g/mol. The lowest BCUT2D eigenvalue weighted by molar-refractivity contribution is 0.154. The Morgan fingerprint density at radius 3 is 2.73 bits per heavy atom. The molecule has 0 aliphatic carbocycles. The molecule has 0 aliphatic heterocycles. The van der Waals surface area contributed by atoms with E-state index in [0.717, 1.165) is 34.6 Å². The molecule has 0 bridgehead atoms. The second kappa shape index (κ2) is 7.09. The first-order valence-electron chi connectivity index (χ1n) is 8.73. The zero-order valence-corrected chi connectivity index (χ0v) is 14.9. The molecule has 26 heavy (non-hydrogen) atoms. The first-order valence-corrected chi connectivity index (χ1v) is 8.73. The molecule has 6 heteroatoms. The molecule has 4 rings (SSSR count). The molecule has 0 radical (unpaired) electrons. The van der Waals surface area contributed by atoms with Crippen LogP contribution in [0.5, 0.6) is 0 Å². The molecular formula is C20H21N5O. The van der Waals surface area contributed by atoms with Gasteiger partial charge in [0.2, 0.25) is 0 Å². The second-order valence-electron chi connectivity index (χ2n) is 6.18. The number of fused-ring (bicyclic) bond motifs is 1. The van der Waals surface area contributed by atoms with E-state index in [2.05, 4.69) is 33.7 Å². The van der Waals surface area contributed by atoms with Crippen molar-refractivity contribution in [3.63, 3.8) is 0 Å². The third-order valence-corrected chi connectivity index (χ3v) is 4.60. The van der Waals surface area contributed by atoms with Crippen LogP contribution in [0.15, 0.2) is 61.3 Å². The third-order valence-electron chi connectivity index (χ3n) is 4.60. The Morgan fingerprint density at radius 1 is 1.12 bits per heavy atom. The van der Waals surface area contributed by atoms with Crippen molar-refractivity contribution in [3.8, 4) is 22.5 Å². The summed E-state index contributed by atoms with van der Waals surface area (Å²) in [6.45, 7) is 2.78. The molecule has 0 aliphatic rings. The SMILES string of the molecule is CC[C@@H](COC)n1cnc(-c2ccccc2)c1-c1cnn2cccnc12. The van der Waals surface area contributed by atoms with Gasteiger partial charge in [-0.05, 0) is 12.5 Å². The van der Waals surface area contributed by atoms with E-state index in [9.17, 15) is 0 Å². The van der Waals surface area contributed by atoms with Crippen molar-refractivity contribution in [2.24, 2.45) is 0 Å². The minimum absolute atomic E-state index is 0.193. The van der Waals surface area contributed by atoms with E-state index >= 15 is 0 Å². The molecule has 0 unspecified atom stereocenters. The second-order valence-corrected chi connectivity index (χ2v) is 6.18. The first-order chi connectivity index (χ1) is 12.8. The Kier molecular flexibility index (Phi) is 4.50. The predicted molar refractivity (Wildman–Crippen MR) is 101 cm³/mol. The lowest BCUT2D eigenvalue weighted by Gasteiger charge is -2.19. The monoisotopic (exact) mass is 347 g/mol. The summed E-state index contributed by atoms with van der Waals surface area (Å²) in [4.78, 5) is 9.28. The number of aromatic nitrogens is 5. The smallest absolute Gasteiger partial charge is 0.164 e. The zero-order valence-electron chi connectivity index (χ0n) is 14.9. The molecular weight excluding hydrogens is 326 g/mol. The van der Waals surface area contributed by atoms with Crippen molar-refractivity contribution in [2.45, 2.75) is 19.4 Å². The highest BCUT2D eigenvalue weighted by atomic mass is 16.5. The maximum atomic E-state index is 5.44. The van der Waals surface area contributed by atoms with Crippen LogP contribution >= 0.6 is 0 Å². The minimum atomic E-state index is 0.193. The van der Waals surface area contributed by atoms with Gasteiger partial charge >= 0.3 is 0 Å². The molecule has 0 saturated heterocycles. The predicted octanol–water partition coefficient (Wildman–Crippen LogP) is 3.86. The molecule has 0 saturated carbocycles. The van der Waals surface area contributed by atoms with Crippen LogP contribution in [0.4, 0.5) is 0 Å². The van der Waals surface area contributed by atoms with E-state index in [1.54, 1.807) is 17.8 Å². The number of imidazole rings is 1. The number of methoxy groups -OCH3 is 1. The lowest BCUT2D eigenvalue weighted by Crippen LogP contribution is -2.14. The zero-order chi connectivity index (χ0) is 17.9. The fourth-order valence-electron chi connectivity index (χ4n) is 3.29. The van der Waals surface area contributed by atoms with Gasteiger partial charge in [0.05, 0.1) is 42.1 Å². The van der Waals surface area contributed by atoms with Crippen LogP contribution in [-0.2, 0) is 4.74 Å². The standard InChI is InChI=1S/C20H21N5O/c1-3-16(13-26-2)24-14-22-18(15-8-5-4-6-9-15)19(24)17-12-23-25-11-7-10-21-20(17)25/h4-12,14,16H,3,13H2,1-2H3/t16-/m0/s1. The highest BCUT2D eigenvalue weighted by molar-refractivity contribution is 5.85. The molecule has 6 nitrogen and oxygen atoms in total. The average Bonchev–Trinajstić information content (AvgIpc) is 3.30. The lowest BCUT2D eigenvalue weighted by atomic mass is 10.1. The fourth-order valence-corrected chi connectivity index (χ4v) is 3.29. The van der Waals surface area contributed by atoms with Crippen molar-refractivity contribution in [2.75, 3.05) is 13.7 Å². The summed E-state index contributed by atoms with van der Waals surface area (Å²) in [7, 11) is 1.73. The Bertz CT molecular complexity index is 1010. The highest BCUT2D eigenvalue weighted by Gasteiger charge is 2.22. The van der Waals surface area contributed by atoms with Gasteiger partial charge in [-0.2, -0.15) is 5.10 Å². The van der Waals surface area contributed by atoms with Gasteiger partial charge in [0.25, 0.3) is 0 Å². The summed E-state index contributed by atoms with van der Waals surface area (Å²) in [5.41, 5.74) is 4.81. The van der Waals surface area contributed by atoms with Gasteiger partial charge in [-0.15, -0.1) is 0 Å². The summed E-state index contributed by atoms with van der Waals surface area (Å²) in [6, 6.07) is 12.3. The van der Waals surface area contributed by atoms with Gasteiger partial charge in [-0.3, -0.25) is 0 Å². The summed E-state index contributed by atoms with van der Waals surface area (Å²) in [6.07, 6.45) is 8.40. The van der Waals surface area contributed by atoms with Gasteiger partial charge in [0, 0.05) is 25.1 Å². The highest BCUT2D eigenvalue weighted by Crippen LogP contribution is 2.35. The number of nitrogens with zero attached hydrogens (tertiary/aromatic N) is 5. The number of benzene rings is 1. The largest absolute Gasteiger partial charge is 0.383 e. The van der Waals surface area contributed by atoms with Crippen LogP contribution in [0.2, 0.25) is 0 Å². The van der Waals surface area contributed by atoms with Crippen molar-refractivity contribution < 1.29 is 4.74 Å². The number of hydrogen-bond acceptors (Lipinski definition) is 4. The van der Waals surface area contributed by atoms with Gasteiger partial charge in [0.1, 0.15) is 0 Å². The summed E-state index contributed by atoms with van der Waals surface area (Å²) < 4.78 is 9.42. The quantitative estimate of drug-likeness (QED) is 0.531. The third kappa shape index (κ3) is 2.78. The topological polar surface area (TPSA) is 57.2 Å². The van der Waals surface area contributed by atoms with Gasteiger partial charge in [0.15, 0.2) is 5.65 Å². The van der Waals surface area contributed by atoms with E-state index < -0.39 is 0 Å². The molecule has 0 amide bonds. The summed E-state index contributed by atoms with van der Waals surface area (Å²) in [5.74, 6) is 0. The van der Waals surface area contributed by atoms with Crippen molar-refractivity contribution in [1.29, 1.82) is 0 Å². The molecule has 1 atom stereocenters.